The number of aromatic nitrogens is 1. The first kappa shape index (κ1) is 16.0. The molecule has 3 nitrogen and oxygen atoms in total. The second kappa shape index (κ2) is 6.58. The van der Waals surface area contributed by atoms with Crippen molar-refractivity contribution in [1.29, 1.82) is 0 Å². The fourth-order valence-corrected chi connectivity index (χ4v) is 2.96. The first-order chi connectivity index (χ1) is 9.91. The van der Waals surface area contributed by atoms with E-state index in [4.69, 9.17) is 11.6 Å². The molecule has 2 rings (SSSR count). The highest BCUT2D eigenvalue weighted by atomic mass is 35.5. The van der Waals surface area contributed by atoms with E-state index < -0.39 is 0 Å². The average molecular weight is 323 g/mol. The van der Waals surface area contributed by atoms with Crippen LogP contribution in [0.2, 0.25) is 5.02 Å². The fraction of sp³-hybridized carbons (Fsp3) is 0.375. The van der Waals surface area contributed by atoms with Crippen molar-refractivity contribution in [2.45, 2.75) is 39.2 Å². The number of thiazole rings is 1. The number of amides is 1. The molecule has 0 saturated carbocycles. The zero-order valence-corrected chi connectivity index (χ0v) is 14.0. The predicted molar refractivity (Wildman–Crippen MR) is 88.8 cm³/mol. The maximum Gasteiger partial charge on any atom is 0.226 e. The van der Waals surface area contributed by atoms with E-state index in [1.165, 1.54) is 11.3 Å². The van der Waals surface area contributed by atoms with E-state index in [1.807, 2.05) is 43.5 Å². The van der Waals surface area contributed by atoms with Gasteiger partial charge in [0.15, 0.2) is 0 Å². The molecule has 0 atom stereocenters. The van der Waals surface area contributed by atoms with Crippen molar-refractivity contribution >= 4 is 28.8 Å². The van der Waals surface area contributed by atoms with Crippen LogP contribution in [0.1, 0.15) is 32.9 Å². The first-order valence-electron chi connectivity index (χ1n) is 6.91. The minimum absolute atomic E-state index is 0.00198. The molecule has 0 aliphatic rings. The smallest absolute Gasteiger partial charge is 0.226 e. The van der Waals surface area contributed by atoms with Gasteiger partial charge in [-0.2, -0.15) is 0 Å². The molecule has 0 bridgehead atoms. The summed E-state index contributed by atoms with van der Waals surface area (Å²) in [5.41, 5.74) is 1.50. The van der Waals surface area contributed by atoms with E-state index in [9.17, 15) is 4.79 Å². The van der Waals surface area contributed by atoms with Crippen molar-refractivity contribution in [2.24, 2.45) is 0 Å². The van der Waals surface area contributed by atoms with Crippen LogP contribution in [0.5, 0.6) is 0 Å². The molecule has 0 aliphatic heterocycles. The van der Waals surface area contributed by atoms with E-state index in [0.29, 0.717) is 11.4 Å². The summed E-state index contributed by atoms with van der Waals surface area (Å²) in [6.45, 7) is 6.08. The van der Waals surface area contributed by atoms with Gasteiger partial charge in [-0.1, -0.05) is 36.7 Å². The van der Waals surface area contributed by atoms with Gasteiger partial charge in [0.05, 0.1) is 17.1 Å². The van der Waals surface area contributed by atoms with Crippen LogP contribution in [0.25, 0.3) is 10.6 Å². The van der Waals surface area contributed by atoms with Crippen molar-refractivity contribution in [3.05, 3.63) is 40.4 Å². The number of hydrogen-bond acceptors (Lipinski definition) is 3. The second-order valence-corrected chi connectivity index (χ2v) is 6.85. The topological polar surface area (TPSA) is 42.0 Å². The van der Waals surface area contributed by atoms with Gasteiger partial charge in [0.25, 0.3) is 0 Å². The third kappa shape index (κ3) is 4.29. The molecular formula is C16H19ClN2OS. The van der Waals surface area contributed by atoms with Crippen LogP contribution in [-0.2, 0) is 11.2 Å². The summed E-state index contributed by atoms with van der Waals surface area (Å²) in [7, 11) is 0. The molecule has 0 saturated heterocycles. The van der Waals surface area contributed by atoms with Crippen molar-refractivity contribution in [3.8, 4) is 10.6 Å². The van der Waals surface area contributed by atoms with Crippen LogP contribution in [0.4, 0.5) is 0 Å². The van der Waals surface area contributed by atoms with Crippen LogP contribution in [0.15, 0.2) is 29.6 Å². The maximum atomic E-state index is 12.0. The fourth-order valence-electron chi connectivity index (χ4n) is 1.82. The number of nitrogens with zero attached hydrogens (tertiary/aromatic N) is 1. The quantitative estimate of drug-likeness (QED) is 0.891. The average Bonchev–Trinajstić information content (AvgIpc) is 2.86. The number of carbonyl (C=O) groups is 1. The summed E-state index contributed by atoms with van der Waals surface area (Å²) < 4.78 is 0. The molecular weight excluding hydrogens is 304 g/mol. The Labute approximate surface area is 134 Å². The summed E-state index contributed by atoms with van der Waals surface area (Å²) in [6, 6.07) is 7.60. The Morgan fingerprint density at radius 2 is 2.10 bits per heavy atom. The summed E-state index contributed by atoms with van der Waals surface area (Å²) in [5.74, 6) is -0.00198. The third-order valence-corrected chi connectivity index (χ3v) is 4.61. The van der Waals surface area contributed by atoms with E-state index in [2.05, 4.69) is 17.2 Å². The number of hydrogen-bond donors (Lipinski definition) is 1. The van der Waals surface area contributed by atoms with Crippen molar-refractivity contribution in [3.63, 3.8) is 0 Å². The molecule has 0 aliphatic carbocycles. The van der Waals surface area contributed by atoms with Crippen molar-refractivity contribution < 1.29 is 4.79 Å². The van der Waals surface area contributed by atoms with Gasteiger partial charge in [0.2, 0.25) is 5.91 Å². The molecule has 1 N–H and O–H groups in total. The Bertz CT molecular complexity index is 637. The zero-order chi connectivity index (χ0) is 15.5. The Hall–Kier alpha value is -1.39. The minimum atomic E-state index is -0.182. The lowest BCUT2D eigenvalue weighted by molar-refractivity contribution is -0.122. The molecule has 1 aromatic heterocycles. The third-order valence-electron chi connectivity index (χ3n) is 3.36. The molecule has 0 unspecified atom stereocenters. The van der Waals surface area contributed by atoms with Gasteiger partial charge >= 0.3 is 0 Å². The summed E-state index contributed by atoms with van der Waals surface area (Å²) >= 11 is 7.67. The lowest BCUT2D eigenvalue weighted by atomic mass is 10.0. The van der Waals surface area contributed by atoms with Gasteiger partial charge in [-0.25, -0.2) is 4.98 Å². The van der Waals surface area contributed by atoms with Gasteiger partial charge in [-0.3, -0.25) is 4.79 Å². The minimum Gasteiger partial charge on any atom is -0.351 e. The van der Waals surface area contributed by atoms with Crippen LogP contribution in [0.3, 0.4) is 0 Å². The Balaban J connectivity index is 2.08. The molecule has 0 radical (unpaired) electrons. The number of nitrogens with one attached hydrogen (secondary N) is 1. The standard InChI is InChI=1S/C16H19ClN2OS/c1-4-16(2,3)19-14(20)9-11-10-21-15(18-11)12-7-5-6-8-13(12)17/h5-8,10H,4,9H2,1-3H3,(H,19,20). The summed E-state index contributed by atoms with van der Waals surface area (Å²) in [4.78, 5) is 16.5. The van der Waals surface area contributed by atoms with Gasteiger partial charge in [-0.05, 0) is 26.3 Å². The van der Waals surface area contributed by atoms with Gasteiger partial charge in [-0.15, -0.1) is 11.3 Å². The Morgan fingerprint density at radius 1 is 1.38 bits per heavy atom. The highest BCUT2D eigenvalue weighted by Crippen LogP contribution is 2.30. The Morgan fingerprint density at radius 3 is 2.76 bits per heavy atom. The molecule has 2 aromatic rings. The molecule has 5 heteroatoms. The molecule has 1 amide bonds. The highest BCUT2D eigenvalue weighted by Gasteiger charge is 2.18. The van der Waals surface area contributed by atoms with Crippen LogP contribution < -0.4 is 5.32 Å². The van der Waals surface area contributed by atoms with Crippen LogP contribution >= 0.6 is 22.9 Å². The monoisotopic (exact) mass is 322 g/mol. The van der Waals surface area contributed by atoms with E-state index in [-0.39, 0.29) is 11.4 Å². The summed E-state index contributed by atoms with van der Waals surface area (Å²) in [5, 5.41) is 6.45. The predicted octanol–water partition coefficient (Wildman–Crippen LogP) is 4.31. The van der Waals surface area contributed by atoms with Crippen LogP contribution in [0, 0.1) is 0 Å². The first-order valence-corrected chi connectivity index (χ1v) is 8.17. The molecule has 0 spiro atoms. The second-order valence-electron chi connectivity index (χ2n) is 5.59. The normalized spacial score (nSPS) is 11.4. The zero-order valence-electron chi connectivity index (χ0n) is 12.4. The van der Waals surface area contributed by atoms with Crippen molar-refractivity contribution in [2.75, 3.05) is 0 Å². The van der Waals surface area contributed by atoms with E-state index in [1.54, 1.807) is 0 Å². The Kier molecular flexibility index (Phi) is 5.01. The number of carbonyl (C=O) groups excluding carboxylic acids is 1. The molecule has 21 heavy (non-hydrogen) atoms. The van der Waals surface area contributed by atoms with Gasteiger partial charge < -0.3 is 5.32 Å². The molecule has 1 aromatic carbocycles. The van der Waals surface area contributed by atoms with E-state index >= 15 is 0 Å². The summed E-state index contributed by atoms with van der Waals surface area (Å²) in [6.07, 6.45) is 1.19. The SMILES string of the molecule is CCC(C)(C)NC(=O)Cc1csc(-c2ccccc2Cl)n1. The largest absolute Gasteiger partial charge is 0.351 e. The van der Waals surface area contributed by atoms with E-state index in [0.717, 1.165) is 22.7 Å². The lowest BCUT2D eigenvalue weighted by Crippen LogP contribution is -2.43. The molecule has 0 fully saturated rings. The highest BCUT2D eigenvalue weighted by molar-refractivity contribution is 7.13. The maximum absolute atomic E-state index is 12.0. The van der Waals surface area contributed by atoms with Crippen LogP contribution in [-0.4, -0.2) is 16.4 Å². The number of benzene rings is 1. The number of halogens is 1. The van der Waals surface area contributed by atoms with Gasteiger partial charge in [0, 0.05) is 16.5 Å². The van der Waals surface area contributed by atoms with Gasteiger partial charge in [0.1, 0.15) is 5.01 Å². The lowest BCUT2D eigenvalue weighted by Gasteiger charge is -2.24. The number of rotatable bonds is 5. The molecule has 112 valence electrons. The van der Waals surface area contributed by atoms with Crippen molar-refractivity contribution in [1.82, 2.24) is 10.3 Å². The molecule has 1 heterocycles.